The molecular weight excluding hydrogens is 326 g/mol. The molecule has 0 aromatic heterocycles. The Hall–Kier alpha value is -2.75. The number of carbonyl (C=O) groups is 1. The summed E-state index contributed by atoms with van der Waals surface area (Å²) in [6, 6.07) is 13.4. The number of para-hydroxylation sites is 1. The summed E-state index contributed by atoms with van der Waals surface area (Å²) in [6.45, 7) is 7.26. The van der Waals surface area contributed by atoms with E-state index in [0.717, 1.165) is 35.4 Å². The molecule has 1 amide bonds. The van der Waals surface area contributed by atoms with Gasteiger partial charge in [-0.2, -0.15) is 0 Å². The van der Waals surface area contributed by atoms with Crippen molar-refractivity contribution in [1.29, 1.82) is 0 Å². The number of hydrogen-bond acceptors (Lipinski definition) is 3. The van der Waals surface area contributed by atoms with E-state index in [9.17, 15) is 4.79 Å². The van der Waals surface area contributed by atoms with Crippen molar-refractivity contribution in [2.45, 2.75) is 33.6 Å². The minimum absolute atomic E-state index is 0.166. The number of hydrogen-bond donors (Lipinski definition) is 1. The molecule has 4 heteroatoms. The summed E-state index contributed by atoms with van der Waals surface area (Å²) >= 11 is 0. The molecule has 0 unspecified atom stereocenters. The Morgan fingerprint density at radius 2 is 1.88 bits per heavy atom. The average molecular weight is 353 g/mol. The smallest absolute Gasteiger partial charge is 0.248 e. The van der Waals surface area contributed by atoms with Gasteiger partial charge in [0.25, 0.3) is 0 Å². The molecular formula is C22H27NO3. The maximum atomic E-state index is 12.1. The first kappa shape index (κ1) is 19.6. The number of benzene rings is 2. The van der Waals surface area contributed by atoms with E-state index in [1.807, 2.05) is 56.3 Å². The molecule has 0 spiro atoms. The van der Waals surface area contributed by atoms with Gasteiger partial charge in [-0.3, -0.25) is 4.79 Å². The number of rotatable bonds is 9. The summed E-state index contributed by atoms with van der Waals surface area (Å²) < 4.78 is 11.4. The van der Waals surface area contributed by atoms with Crippen molar-refractivity contribution in [1.82, 2.24) is 0 Å². The number of unbranched alkanes of at least 4 members (excludes halogenated alkanes) is 1. The Morgan fingerprint density at radius 1 is 1.08 bits per heavy atom. The van der Waals surface area contributed by atoms with Crippen molar-refractivity contribution < 1.29 is 14.3 Å². The largest absolute Gasteiger partial charge is 0.490 e. The van der Waals surface area contributed by atoms with Crippen LogP contribution >= 0.6 is 0 Å². The maximum absolute atomic E-state index is 12.1. The molecule has 0 aliphatic heterocycles. The predicted octanol–water partition coefficient (Wildman–Crippen LogP) is 5.22. The molecule has 0 atom stereocenters. The quantitative estimate of drug-likeness (QED) is 0.496. The number of anilines is 1. The number of aryl methyl sites for hydroxylation is 1. The summed E-state index contributed by atoms with van der Waals surface area (Å²) in [4.78, 5) is 12.1. The van der Waals surface area contributed by atoms with Gasteiger partial charge in [0.05, 0.1) is 13.2 Å². The normalized spacial score (nSPS) is 10.7. The molecule has 26 heavy (non-hydrogen) atoms. The van der Waals surface area contributed by atoms with Gasteiger partial charge in [-0.25, -0.2) is 0 Å². The lowest BCUT2D eigenvalue weighted by Crippen LogP contribution is -2.08. The Balaban J connectivity index is 2.05. The van der Waals surface area contributed by atoms with Gasteiger partial charge in [0.2, 0.25) is 5.91 Å². The molecule has 2 aromatic carbocycles. The Labute approximate surface area is 155 Å². The van der Waals surface area contributed by atoms with E-state index in [1.54, 1.807) is 6.08 Å². The van der Waals surface area contributed by atoms with Crippen LogP contribution in [0.25, 0.3) is 6.08 Å². The predicted molar refractivity (Wildman–Crippen MR) is 107 cm³/mol. The number of carbonyl (C=O) groups excluding carboxylic acids is 1. The Morgan fingerprint density at radius 3 is 2.62 bits per heavy atom. The summed E-state index contributed by atoms with van der Waals surface area (Å²) in [5.41, 5.74) is 2.73. The van der Waals surface area contributed by atoms with Crippen LogP contribution in [0.15, 0.2) is 48.5 Å². The fourth-order valence-electron chi connectivity index (χ4n) is 2.40. The molecule has 0 saturated heterocycles. The second kappa shape index (κ2) is 10.3. The van der Waals surface area contributed by atoms with Crippen LogP contribution in [0.3, 0.4) is 0 Å². The Kier molecular flexibility index (Phi) is 7.75. The van der Waals surface area contributed by atoms with E-state index in [0.29, 0.717) is 19.0 Å². The molecule has 0 aliphatic rings. The second-order valence-corrected chi connectivity index (χ2v) is 5.98. The third-order valence-corrected chi connectivity index (χ3v) is 3.85. The van der Waals surface area contributed by atoms with Crippen LogP contribution < -0.4 is 14.8 Å². The van der Waals surface area contributed by atoms with Crippen molar-refractivity contribution in [3.8, 4) is 11.5 Å². The molecule has 0 saturated carbocycles. The molecule has 0 radical (unpaired) electrons. The number of nitrogens with one attached hydrogen (secondary N) is 1. The van der Waals surface area contributed by atoms with Crippen LogP contribution in [0.5, 0.6) is 11.5 Å². The van der Waals surface area contributed by atoms with Gasteiger partial charge in [-0.05, 0) is 55.7 Å². The van der Waals surface area contributed by atoms with E-state index >= 15 is 0 Å². The van der Waals surface area contributed by atoms with Crippen LogP contribution in [0, 0.1) is 6.92 Å². The van der Waals surface area contributed by atoms with Crippen molar-refractivity contribution in [2.75, 3.05) is 18.5 Å². The first-order valence-corrected chi connectivity index (χ1v) is 9.08. The fraction of sp³-hybridized carbons (Fsp3) is 0.318. The Bertz CT molecular complexity index is 753. The topological polar surface area (TPSA) is 47.6 Å². The zero-order valence-electron chi connectivity index (χ0n) is 15.7. The van der Waals surface area contributed by atoms with Gasteiger partial charge in [0, 0.05) is 11.8 Å². The zero-order chi connectivity index (χ0) is 18.8. The molecule has 0 fully saturated rings. The minimum atomic E-state index is -0.166. The summed E-state index contributed by atoms with van der Waals surface area (Å²) in [5, 5.41) is 2.88. The zero-order valence-corrected chi connectivity index (χ0v) is 15.7. The third-order valence-electron chi connectivity index (χ3n) is 3.85. The summed E-state index contributed by atoms with van der Waals surface area (Å²) in [6.07, 6.45) is 5.38. The van der Waals surface area contributed by atoms with E-state index in [-0.39, 0.29) is 5.91 Å². The lowest BCUT2D eigenvalue weighted by atomic mass is 10.1. The first-order chi connectivity index (χ1) is 12.6. The second-order valence-electron chi connectivity index (χ2n) is 5.98. The van der Waals surface area contributed by atoms with Crippen LogP contribution in [-0.2, 0) is 4.79 Å². The van der Waals surface area contributed by atoms with Gasteiger partial charge in [0.15, 0.2) is 11.5 Å². The highest BCUT2D eigenvalue weighted by molar-refractivity contribution is 6.02. The molecule has 2 aromatic rings. The van der Waals surface area contributed by atoms with E-state index in [2.05, 4.69) is 12.2 Å². The minimum Gasteiger partial charge on any atom is -0.490 e. The van der Waals surface area contributed by atoms with Crippen LogP contribution in [0.2, 0.25) is 0 Å². The van der Waals surface area contributed by atoms with Gasteiger partial charge in [0.1, 0.15) is 0 Å². The van der Waals surface area contributed by atoms with Crippen molar-refractivity contribution in [2.24, 2.45) is 0 Å². The third kappa shape index (κ3) is 5.96. The first-order valence-electron chi connectivity index (χ1n) is 9.08. The van der Waals surface area contributed by atoms with Gasteiger partial charge in [-0.15, -0.1) is 0 Å². The molecule has 4 nitrogen and oxygen atoms in total. The summed E-state index contributed by atoms with van der Waals surface area (Å²) in [7, 11) is 0. The van der Waals surface area contributed by atoms with Gasteiger partial charge in [-0.1, -0.05) is 37.6 Å². The maximum Gasteiger partial charge on any atom is 0.248 e. The molecule has 0 aliphatic carbocycles. The van der Waals surface area contributed by atoms with E-state index in [1.165, 1.54) is 6.08 Å². The van der Waals surface area contributed by atoms with Crippen LogP contribution in [0.1, 0.15) is 37.8 Å². The average Bonchev–Trinajstić information content (AvgIpc) is 2.64. The molecule has 0 heterocycles. The number of amides is 1. The lowest BCUT2D eigenvalue weighted by molar-refractivity contribution is -0.111. The van der Waals surface area contributed by atoms with Crippen molar-refractivity contribution in [3.63, 3.8) is 0 Å². The molecule has 2 rings (SSSR count). The monoisotopic (exact) mass is 353 g/mol. The standard InChI is InChI=1S/C22H27NO3/c1-4-6-15-26-20-13-11-18(16-21(20)25-5-2)12-14-22(24)23-19-10-8-7-9-17(19)3/h7-14,16H,4-6,15H2,1-3H3,(H,23,24)/b14-12+. The van der Waals surface area contributed by atoms with Gasteiger partial charge < -0.3 is 14.8 Å². The van der Waals surface area contributed by atoms with Crippen molar-refractivity contribution in [3.05, 3.63) is 59.7 Å². The van der Waals surface area contributed by atoms with Crippen molar-refractivity contribution >= 4 is 17.7 Å². The molecule has 1 N–H and O–H groups in total. The highest BCUT2D eigenvalue weighted by Gasteiger charge is 2.06. The SMILES string of the molecule is CCCCOc1ccc(/C=C/C(=O)Nc2ccccc2C)cc1OCC. The van der Waals surface area contributed by atoms with Crippen LogP contribution in [-0.4, -0.2) is 19.1 Å². The van der Waals surface area contributed by atoms with Gasteiger partial charge >= 0.3 is 0 Å². The highest BCUT2D eigenvalue weighted by atomic mass is 16.5. The van der Waals surface area contributed by atoms with E-state index < -0.39 is 0 Å². The molecule has 0 bridgehead atoms. The van der Waals surface area contributed by atoms with Crippen LogP contribution in [0.4, 0.5) is 5.69 Å². The van der Waals surface area contributed by atoms with E-state index in [4.69, 9.17) is 9.47 Å². The lowest BCUT2D eigenvalue weighted by Gasteiger charge is -2.12. The fourth-order valence-corrected chi connectivity index (χ4v) is 2.40. The number of ether oxygens (including phenoxy) is 2. The molecule has 138 valence electrons. The highest BCUT2D eigenvalue weighted by Crippen LogP contribution is 2.29. The summed E-state index contributed by atoms with van der Waals surface area (Å²) in [5.74, 6) is 1.27.